The molecule has 0 aliphatic heterocycles. The van der Waals surface area contributed by atoms with Crippen molar-refractivity contribution in [1.82, 2.24) is 20.1 Å². The minimum absolute atomic E-state index is 0.0685. The van der Waals surface area contributed by atoms with Gasteiger partial charge in [-0.05, 0) is 61.0 Å². The Hall–Kier alpha value is -4.20. The van der Waals surface area contributed by atoms with Gasteiger partial charge in [-0.25, -0.2) is 0 Å². The lowest BCUT2D eigenvalue weighted by molar-refractivity contribution is -0.136. The summed E-state index contributed by atoms with van der Waals surface area (Å²) in [4.78, 5) is 27.7. The van der Waals surface area contributed by atoms with Crippen LogP contribution < -0.4 is 5.32 Å². The van der Waals surface area contributed by atoms with Crippen LogP contribution in [0.4, 0.5) is 0 Å². The molecule has 2 aromatic heterocycles. The van der Waals surface area contributed by atoms with Gasteiger partial charge in [0.25, 0.3) is 5.91 Å². The highest BCUT2D eigenvalue weighted by Gasteiger charge is 2.19. The van der Waals surface area contributed by atoms with Crippen LogP contribution in [0.1, 0.15) is 35.3 Å². The number of carbonyl (C=O) groups is 2. The van der Waals surface area contributed by atoms with E-state index in [-0.39, 0.29) is 24.9 Å². The zero-order chi connectivity index (χ0) is 27.5. The molecule has 0 fully saturated rings. The van der Waals surface area contributed by atoms with E-state index in [9.17, 15) is 9.59 Å². The molecule has 0 saturated carbocycles. The van der Waals surface area contributed by atoms with Crippen LogP contribution in [0, 0.1) is 0 Å². The number of carboxylic acids is 1. The van der Waals surface area contributed by atoms with Crippen molar-refractivity contribution in [2.75, 3.05) is 6.54 Å². The van der Waals surface area contributed by atoms with Crippen LogP contribution in [0.2, 0.25) is 10.0 Å². The molecular formula is C30H24Cl2N4O3. The summed E-state index contributed by atoms with van der Waals surface area (Å²) >= 11 is 12.6. The van der Waals surface area contributed by atoms with Gasteiger partial charge in [-0.2, -0.15) is 5.10 Å². The molecule has 7 nitrogen and oxygen atoms in total. The minimum Gasteiger partial charge on any atom is -0.481 e. The highest BCUT2D eigenvalue weighted by molar-refractivity contribution is 6.35. The van der Waals surface area contributed by atoms with E-state index in [4.69, 9.17) is 33.4 Å². The maximum absolute atomic E-state index is 12.4. The van der Waals surface area contributed by atoms with Crippen LogP contribution in [0.3, 0.4) is 0 Å². The van der Waals surface area contributed by atoms with Gasteiger partial charge in [0, 0.05) is 44.9 Å². The molecule has 196 valence electrons. The third-order valence-electron chi connectivity index (χ3n) is 6.43. The van der Waals surface area contributed by atoms with Crippen LogP contribution in [0.15, 0.2) is 85.1 Å². The van der Waals surface area contributed by atoms with E-state index in [1.807, 2.05) is 72.4 Å². The van der Waals surface area contributed by atoms with Crippen molar-refractivity contribution in [2.24, 2.45) is 0 Å². The second-order valence-electron chi connectivity index (χ2n) is 9.13. The standard InChI is InChI=1S/C30H24Cl2N4O3/c1-18(19-6-8-20(9-7-19)30(39)33-11-10-29(37)38)36-28(23-12-21-4-2-3-5-26(21)34-17-23)16-27(35-36)22-13-24(31)15-25(32)14-22/h2-9,12-18H,10-11H2,1H3,(H,33,39)(H,37,38)/t18-/m0/s1. The molecule has 0 spiro atoms. The van der Waals surface area contributed by atoms with Gasteiger partial charge in [0.2, 0.25) is 0 Å². The first-order chi connectivity index (χ1) is 18.8. The van der Waals surface area contributed by atoms with Gasteiger partial charge in [-0.3, -0.25) is 19.3 Å². The molecule has 1 amide bonds. The first-order valence-corrected chi connectivity index (χ1v) is 13.1. The summed E-state index contributed by atoms with van der Waals surface area (Å²) < 4.78 is 1.93. The molecule has 39 heavy (non-hydrogen) atoms. The van der Waals surface area contributed by atoms with Gasteiger partial charge in [0.15, 0.2) is 0 Å². The number of para-hydroxylation sites is 1. The predicted molar refractivity (Wildman–Crippen MR) is 153 cm³/mol. The van der Waals surface area contributed by atoms with Crippen LogP contribution in [0.5, 0.6) is 0 Å². The van der Waals surface area contributed by atoms with E-state index in [0.29, 0.717) is 21.3 Å². The maximum Gasteiger partial charge on any atom is 0.305 e. The molecule has 2 heterocycles. The first kappa shape index (κ1) is 26.4. The summed E-state index contributed by atoms with van der Waals surface area (Å²) in [6, 6.07) is 24.3. The van der Waals surface area contributed by atoms with Crippen molar-refractivity contribution in [3.05, 3.63) is 106 Å². The Labute approximate surface area is 235 Å². The van der Waals surface area contributed by atoms with Crippen molar-refractivity contribution >= 4 is 46.0 Å². The third-order valence-corrected chi connectivity index (χ3v) is 6.86. The summed E-state index contributed by atoms with van der Waals surface area (Å²) in [6.07, 6.45) is 1.70. The van der Waals surface area contributed by atoms with E-state index in [1.54, 1.807) is 18.2 Å². The van der Waals surface area contributed by atoms with Crippen LogP contribution >= 0.6 is 23.2 Å². The average Bonchev–Trinajstić information content (AvgIpc) is 3.37. The minimum atomic E-state index is -0.962. The normalized spacial score (nSPS) is 11.9. The predicted octanol–water partition coefficient (Wildman–Crippen LogP) is 6.89. The summed E-state index contributed by atoms with van der Waals surface area (Å²) in [5, 5.41) is 18.4. The summed E-state index contributed by atoms with van der Waals surface area (Å²) in [5.41, 5.74) is 5.56. The molecule has 5 aromatic rings. The molecule has 5 rings (SSSR count). The average molecular weight is 559 g/mol. The Kier molecular flexibility index (Phi) is 7.63. The number of aromatic nitrogens is 3. The zero-order valence-corrected chi connectivity index (χ0v) is 22.4. The van der Waals surface area contributed by atoms with Crippen LogP contribution in [0.25, 0.3) is 33.4 Å². The fourth-order valence-corrected chi connectivity index (χ4v) is 4.92. The number of hydrogen-bond donors (Lipinski definition) is 2. The summed E-state index contributed by atoms with van der Waals surface area (Å²) in [7, 11) is 0. The topological polar surface area (TPSA) is 97.1 Å². The van der Waals surface area contributed by atoms with Gasteiger partial charge < -0.3 is 10.4 Å². The van der Waals surface area contributed by atoms with Gasteiger partial charge >= 0.3 is 5.97 Å². The lowest BCUT2D eigenvalue weighted by Crippen LogP contribution is -2.26. The quantitative estimate of drug-likeness (QED) is 0.216. The second kappa shape index (κ2) is 11.3. The zero-order valence-electron chi connectivity index (χ0n) is 20.9. The molecule has 0 aliphatic rings. The number of pyridine rings is 1. The molecule has 2 N–H and O–H groups in total. The number of fused-ring (bicyclic) bond motifs is 1. The van der Waals surface area contributed by atoms with Gasteiger partial charge in [-0.1, -0.05) is 53.5 Å². The molecule has 0 saturated heterocycles. The fourth-order valence-electron chi connectivity index (χ4n) is 4.40. The largest absolute Gasteiger partial charge is 0.481 e. The van der Waals surface area contributed by atoms with Gasteiger partial charge in [-0.15, -0.1) is 0 Å². The summed E-state index contributed by atoms with van der Waals surface area (Å²) in [5.74, 6) is -1.28. The Morgan fingerprint density at radius 3 is 2.38 bits per heavy atom. The Balaban J connectivity index is 1.52. The van der Waals surface area contributed by atoms with E-state index < -0.39 is 5.97 Å². The van der Waals surface area contributed by atoms with E-state index in [2.05, 4.69) is 16.4 Å². The van der Waals surface area contributed by atoms with Crippen molar-refractivity contribution in [3.63, 3.8) is 0 Å². The number of hydrogen-bond acceptors (Lipinski definition) is 4. The number of rotatable bonds is 8. The number of halogens is 2. The van der Waals surface area contributed by atoms with Crippen molar-refractivity contribution in [1.29, 1.82) is 0 Å². The molecule has 3 aromatic carbocycles. The monoisotopic (exact) mass is 558 g/mol. The van der Waals surface area contributed by atoms with Gasteiger partial charge in [0.05, 0.1) is 29.4 Å². The third kappa shape index (κ3) is 5.95. The highest BCUT2D eigenvalue weighted by Crippen LogP contribution is 2.34. The van der Waals surface area contributed by atoms with Crippen molar-refractivity contribution in [3.8, 4) is 22.5 Å². The number of benzene rings is 3. The first-order valence-electron chi connectivity index (χ1n) is 12.3. The SMILES string of the molecule is C[C@@H](c1ccc(C(=O)NCCC(=O)O)cc1)n1nc(-c2cc(Cl)cc(Cl)c2)cc1-c1cnc2ccccc2c1. The Bertz CT molecular complexity index is 1660. The number of nitrogens with zero attached hydrogens (tertiary/aromatic N) is 3. The molecule has 0 unspecified atom stereocenters. The summed E-state index contributed by atoms with van der Waals surface area (Å²) in [6.45, 7) is 2.10. The lowest BCUT2D eigenvalue weighted by Gasteiger charge is -2.17. The Morgan fingerprint density at radius 2 is 1.67 bits per heavy atom. The second-order valence-corrected chi connectivity index (χ2v) is 10.0. The molecule has 0 radical (unpaired) electrons. The van der Waals surface area contributed by atoms with Crippen molar-refractivity contribution < 1.29 is 14.7 Å². The molecule has 9 heteroatoms. The highest BCUT2D eigenvalue weighted by atomic mass is 35.5. The number of nitrogens with one attached hydrogen (secondary N) is 1. The lowest BCUT2D eigenvalue weighted by atomic mass is 10.0. The number of aliphatic carboxylic acids is 1. The fraction of sp³-hybridized carbons (Fsp3) is 0.133. The van der Waals surface area contributed by atoms with E-state index in [0.717, 1.165) is 33.3 Å². The molecular weight excluding hydrogens is 535 g/mol. The van der Waals surface area contributed by atoms with E-state index in [1.165, 1.54) is 0 Å². The maximum atomic E-state index is 12.4. The molecule has 0 aliphatic carbocycles. The number of carboxylic acid groups (broad SMARTS) is 1. The smallest absolute Gasteiger partial charge is 0.305 e. The number of amides is 1. The van der Waals surface area contributed by atoms with E-state index >= 15 is 0 Å². The van der Waals surface area contributed by atoms with Crippen LogP contribution in [-0.4, -0.2) is 38.3 Å². The Morgan fingerprint density at radius 1 is 0.949 bits per heavy atom. The number of carbonyl (C=O) groups excluding carboxylic acids is 1. The molecule has 0 bridgehead atoms. The van der Waals surface area contributed by atoms with Gasteiger partial charge in [0.1, 0.15) is 0 Å². The van der Waals surface area contributed by atoms with Crippen LogP contribution in [-0.2, 0) is 4.79 Å². The molecule has 1 atom stereocenters. The van der Waals surface area contributed by atoms with Crippen molar-refractivity contribution in [2.45, 2.75) is 19.4 Å².